The van der Waals surface area contributed by atoms with E-state index in [1.165, 1.54) is 0 Å². The van der Waals surface area contributed by atoms with Crippen LogP contribution in [0.4, 0.5) is 0 Å². The molecule has 16 heavy (non-hydrogen) atoms. The van der Waals surface area contributed by atoms with E-state index < -0.39 is 0 Å². The van der Waals surface area contributed by atoms with Gasteiger partial charge in [-0.3, -0.25) is 4.79 Å². The Morgan fingerprint density at radius 3 is 2.62 bits per heavy atom. The van der Waals surface area contributed by atoms with E-state index in [0.717, 1.165) is 5.56 Å². The average molecular weight is 214 g/mol. The van der Waals surface area contributed by atoms with Gasteiger partial charge in [0, 0.05) is 5.57 Å². The highest BCUT2D eigenvalue weighted by atomic mass is 16.1. The molecule has 0 aromatic heterocycles. The Kier molecular flexibility index (Phi) is 4.28. The minimum Gasteiger partial charge on any atom is -0.344 e. The van der Waals surface area contributed by atoms with Crippen LogP contribution in [0.1, 0.15) is 24.9 Å². The zero-order chi connectivity index (χ0) is 12.0. The van der Waals surface area contributed by atoms with E-state index in [-0.39, 0.29) is 18.4 Å². The highest BCUT2D eigenvalue weighted by Crippen LogP contribution is 2.16. The molecular formula is C13H14N2O. The number of hydrogen-bond acceptors (Lipinski definition) is 2. The Bertz CT molecular complexity index is 417. The summed E-state index contributed by atoms with van der Waals surface area (Å²) < 4.78 is 0. The van der Waals surface area contributed by atoms with Gasteiger partial charge in [0.1, 0.15) is 0 Å². The molecule has 1 amide bonds. The van der Waals surface area contributed by atoms with Gasteiger partial charge in [-0.15, -0.1) is 0 Å². The molecule has 82 valence electrons. The largest absolute Gasteiger partial charge is 0.344 e. The second kappa shape index (κ2) is 5.72. The number of carbonyl (C=O) groups is 1. The fourth-order valence-corrected chi connectivity index (χ4v) is 1.31. The van der Waals surface area contributed by atoms with Crippen molar-refractivity contribution < 1.29 is 4.79 Å². The number of rotatable bonds is 4. The van der Waals surface area contributed by atoms with Gasteiger partial charge >= 0.3 is 0 Å². The summed E-state index contributed by atoms with van der Waals surface area (Å²) in [6.45, 7) is 5.21. The molecule has 1 N–H and O–H groups in total. The quantitative estimate of drug-likeness (QED) is 0.782. The second-order valence-electron chi connectivity index (χ2n) is 3.58. The third-order valence-electron chi connectivity index (χ3n) is 2.19. The van der Waals surface area contributed by atoms with Gasteiger partial charge in [0.25, 0.3) is 0 Å². The van der Waals surface area contributed by atoms with Gasteiger partial charge in [-0.25, -0.2) is 0 Å². The number of nitrogens with one attached hydrogen (secondary N) is 1. The number of carbonyl (C=O) groups excluding carboxylic acids is 1. The fraction of sp³-hybridized carbons (Fsp3) is 0.231. The first kappa shape index (κ1) is 12.0. The maximum Gasteiger partial charge on any atom is 0.246 e. The summed E-state index contributed by atoms with van der Waals surface area (Å²) in [5, 5.41) is 11.5. The van der Waals surface area contributed by atoms with Crippen molar-refractivity contribution in [3.63, 3.8) is 0 Å². The van der Waals surface area contributed by atoms with E-state index in [0.29, 0.717) is 5.57 Å². The molecule has 0 fully saturated rings. The molecule has 1 rings (SSSR count). The van der Waals surface area contributed by atoms with Crippen molar-refractivity contribution in [2.75, 3.05) is 0 Å². The first-order valence-corrected chi connectivity index (χ1v) is 5.03. The van der Waals surface area contributed by atoms with Crippen LogP contribution in [0, 0.1) is 11.3 Å². The molecule has 0 radical (unpaired) electrons. The molecule has 0 saturated heterocycles. The van der Waals surface area contributed by atoms with E-state index in [1.54, 1.807) is 6.92 Å². The molecule has 0 aliphatic carbocycles. The van der Waals surface area contributed by atoms with Crippen molar-refractivity contribution in [1.82, 2.24) is 5.32 Å². The molecule has 0 spiro atoms. The number of nitriles is 1. The minimum atomic E-state index is -0.268. The van der Waals surface area contributed by atoms with Crippen LogP contribution in [-0.4, -0.2) is 5.91 Å². The summed E-state index contributed by atoms with van der Waals surface area (Å²) in [7, 11) is 0. The Balaban J connectivity index is 2.81. The summed E-state index contributed by atoms with van der Waals surface area (Å²) in [4.78, 5) is 11.5. The molecule has 0 heterocycles. The van der Waals surface area contributed by atoms with Gasteiger partial charge in [0.05, 0.1) is 18.5 Å². The molecule has 1 aromatic rings. The van der Waals surface area contributed by atoms with Crippen molar-refractivity contribution in [2.45, 2.75) is 19.4 Å². The monoisotopic (exact) mass is 214 g/mol. The molecule has 0 aliphatic rings. The molecule has 1 atom stereocenters. The first-order chi connectivity index (χ1) is 7.65. The van der Waals surface area contributed by atoms with E-state index in [2.05, 4.69) is 18.0 Å². The maximum absolute atomic E-state index is 11.5. The fourth-order valence-electron chi connectivity index (χ4n) is 1.31. The number of benzene rings is 1. The van der Waals surface area contributed by atoms with Gasteiger partial charge in [-0.2, -0.15) is 5.26 Å². The van der Waals surface area contributed by atoms with Gasteiger partial charge in [0.15, 0.2) is 0 Å². The lowest BCUT2D eigenvalue weighted by Crippen LogP contribution is -2.28. The lowest BCUT2D eigenvalue weighted by molar-refractivity contribution is -0.118. The van der Waals surface area contributed by atoms with Gasteiger partial charge in [0.2, 0.25) is 5.91 Å². The molecule has 3 heteroatoms. The molecular weight excluding hydrogens is 200 g/mol. The predicted molar refractivity (Wildman–Crippen MR) is 62.4 cm³/mol. The van der Waals surface area contributed by atoms with Crippen LogP contribution in [0.5, 0.6) is 0 Å². The van der Waals surface area contributed by atoms with E-state index in [1.807, 2.05) is 30.3 Å². The zero-order valence-corrected chi connectivity index (χ0v) is 9.23. The molecule has 3 nitrogen and oxygen atoms in total. The van der Waals surface area contributed by atoms with Crippen LogP contribution in [0.3, 0.4) is 0 Å². The van der Waals surface area contributed by atoms with Gasteiger partial charge < -0.3 is 5.32 Å². The third kappa shape index (κ3) is 3.25. The molecule has 0 saturated carbocycles. The SMILES string of the molecule is C=C(C)C(=O)NC(CC#N)c1ccccc1. The summed E-state index contributed by atoms with van der Waals surface area (Å²) >= 11 is 0. The normalized spacial score (nSPS) is 11.2. The van der Waals surface area contributed by atoms with E-state index >= 15 is 0 Å². The summed E-state index contributed by atoms with van der Waals surface area (Å²) in [6.07, 6.45) is 0.253. The lowest BCUT2D eigenvalue weighted by atomic mass is 10.0. The first-order valence-electron chi connectivity index (χ1n) is 5.03. The topological polar surface area (TPSA) is 52.9 Å². The van der Waals surface area contributed by atoms with E-state index in [4.69, 9.17) is 5.26 Å². The van der Waals surface area contributed by atoms with Crippen LogP contribution in [0.2, 0.25) is 0 Å². The van der Waals surface area contributed by atoms with Crippen LogP contribution >= 0.6 is 0 Å². The average Bonchev–Trinajstić information content (AvgIpc) is 2.29. The van der Waals surface area contributed by atoms with Crippen molar-refractivity contribution in [3.8, 4) is 6.07 Å². The Morgan fingerprint density at radius 1 is 1.50 bits per heavy atom. The van der Waals surface area contributed by atoms with Gasteiger partial charge in [-0.05, 0) is 12.5 Å². The Hall–Kier alpha value is -2.08. The van der Waals surface area contributed by atoms with Crippen molar-refractivity contribution in [2.24, 2.45) is 0 Å². The summed E-state index contributed by atoms with van der Waals surface area (Å²) in [5.41, 5.74) is 1.37. The maximum atomic E-state index is 11.5. The van der Waals surface area contributed by atoms with Crippen molar-refractivity contribution >= 4 is 5.91 Å². The van der Waals surface area contributed by atoms with Crippen LogP contribution in [-0.2, 0) is 4.79 Å². The van der Waals surface area contributed by atoms with Crippen molar-refractivity contribution in [1.29, 1.82) is 5.26 Å². The standard InChI is InChI=1S/C13H14N2O/c1-10(2)13(16)15-12(8-9-14)11-6-4-3-5-7-11/h3-7,12H,1,8H2,2H3,(H,15,16). The Morgan fingerprint density at radius 2 is 2.12 bits per heavy atom. The predicted octanol–water partition coefficient (Wildman–Crippen LogP) is 2.33. The minimum absolute atomic E-state index is 0.218. The second-order valence-corrected chi connectivity index (χ2v) is 3.58. The molecule has 1 unspecified atom stereocenters. The van der Waals surface area contributed by atoms with Crippen LogP contribution in [0.25, 0.3) is 0 Å². The van der Waals surface area contributed by atoms with Crippen LogP contribution < -0.4 is 5.32 Å². The highest BCUT2D eigenvalue weighted by Gasteiger charge is 2.13. The summed E-state index contributed by atoms with van der Waals surface area (Å²) in [5.74, 6) is -0.218. The molecule has 0 aliphatic heterocycles. The zero-order valence-electron chi connectivity index (χ0n) is 9.23. The van der Waals surface area contributed by atoms with Crippen LogP contribution in [0.15, 0.2) is 42.5 Å². The van der Waals surface area contributed by atoms with Crippen molar-refractivity contribution in [3.05, 3.63) is 48.0 Å². The smallest absolute Gasteiger partial charge is 0.246 e. The summed E-state index contributed by atoms with van der Waals surface area (Å²) in [6, 6.07) is 11.2. The highest BCUT2D eigenvalue weighted by molar-refractivity contribution is 5.92. The number of nitrogens with zero attached hydrogens (tertiary/aromatic N) is 1. The molecule has 1 aromatic carbocycles. The number of hydrogen-bond donors (Lipinski definition) is 1. The van der Waals surface area contributed by atoms with Gasteiger partial charge in [-0.1, -0.05) is 36.9 Å². The molecule has 0 bridgehead atoms. The Labute approximate surface area is 95.4 Å². The lowest BCUT2D eigenvalue weighted by Gasteiger charge is -2.16. The third-order valence-corrected chi connectivity index (χ3v) is 2.19. The van der Waals surface area contributed by atoms with E-state index in [9.17, 15) is 4.79 Å². The number of amides is 1.